The standard InChI is InChI=1S/C22H32N4O8/c1-22(2,3)34-21(32)25-14(10-11-16(23)28)20(31)26(4)18(13-8-6-7-9-15(13)27)19(30)24-12-17(29)33-5/h6-9,14,18,27H,10-12H2,1-5H3,(H2,23,28)(H,24,30)(H,25,32). The number of phenols is 1. The van der Waals surface area contributed by atoms with Crippen molar-refractivity contribution in [1.29, 1.82) is 0 Å². The Morgan fingerprint density at radius 2 is 1.76 bits per heavy atom. The molecule has 188 valence electrons. The third kappa shape index (κ3) is 8.96. The van der Waals surface area contributed by atoms with E-state index in [4.69, 9.17) is 10.5 Å². The van der Waals surface area contributed by atoms with Crippen LogP contribution in [0.4, 0.5) is 4.79 Å². The smallest absolute Gasteiger partial charge is 0.408 e. The maximum atomic E-state index is 13.3. The number of alkyl carbamates (subject to hydrolysis) is 1. The molecule has 0 radical (unpaired) electrons. The zero-order valence-electron chi connectivity index (χ0n) is 19.9. The van der Waals surface area contributed by atoms with Gasteiger partial charge in [0, 0.05) is 19.0 Å². The lowest BCUT2D eigenvalue weighted by Crippen LogP contribution is -2.52. The number of carbonyl (C=O) groups excluding carboxylic acids is 5. The number of benzene rings is 1. The average Bonchev–Trinajstić information content (AvgIpc) is 2.74. The van der Waals surface area contributed by atoms with Crippen molar-refractivity contribution in [1.82, 2.24) is 15.5 Å². The van der Waals surface area contributed by atoms with E-state index in [0.717, 1.165) is 12.0 Å². The molecule has 0 saturated heterocycles. The summed E-state index contributed by atoms with van der Waals surface area (Å²) >= 11 is 0. The highest BCUT2D eigenvalue weighted by atomic mass is 16.6. The summed E-state index contributed by atoms with van der Waals surface area (Å²) in [5.74, 6) is -3.22. The second kappa shape index (κ2) is 12.4. The quantitative estimate of drug-likeness (QED) is 0.346. The molecular formula is C22H32N4O8. The van der Waals surface area contributed by atoms with Crippen LogP contribution >= 0.6 is 0 Å². The molecule has 5 N–H and O–H groups in total. The van der Waals surface area contributed by atoms with Crippen molar-refractivity contribution in [3.05, 3.63) is 29.8 Å². The van der Waals surface area contributed by atoms with Gasteiger partial charge in [-0.3, -0.25) is 19.2 Å². The number of nitrogens with one attached hydrogen (secondary N) is 2. The molecule has 0 aliphatic heterocycles. The minimum atomic E-state index is -1.38. The molecule has 12 nitrogen and oxygen atoms in total. The number of aromatic hydroxyl groups is 1. The zero-order valence-corrected chi connectivity index (χ0v) is 19.9. The summed E-state index contributed by atoms with van der Waals surface area (Å²) in [6, 6.07) is 3.20. The first kappa shape index (κ1) is 28.2. The number of amides is 4. The molecule has 1 aromatic carbocycles. The number of hydrogen-bond donors (Lipinski definition) is 4. The number of primary amides is 1. The molecule has 0 fully saturated rings. The van der Waals surface area contributed by atoms with Crippen LogP contribution in [0.5, 0.6) is 5.75 Å². The molecule has 0 spiro atoms. The van der Waals surface area contributed by atoms with E-state index >= 15 is 0 Å². The fraction of sp³-hybridized carbons (Fsp3) is 0.500. The van der Waals surface area contributed by atoms with Gasteiger partial charge in [-0.05, 0) is 33.3 Å². The SMILES string of the molecule is COC(=O)CNC(=O)C(c1ccccc1O)N(C)C(=O)C(CCC(N)=O)NC(=O)OC(C)(C)C. The van der Waals surface area contributed by atoms with Crippen LogP contribution in [0.15, 0.2) is 24.3 Å². The fourth-order valence-corrected chi connectivity index (χ4v) is 2.94. The Labute approximate surface area is 197 Å². The first-order valence-corrected chi connectivity index (χ1v) is 10.4. The van der Waals surface area contributed by atoms with Gasteiger partial charge in [0.2, 0.25) is 17.7 Å². The average molecular weight is 481 g/mol. The minimum absolute atomic E-state index is 0.0756. The highest BCUT2D eigenvalue weighted by Crippen LogP contribution is 2.29. The molecule has 0 aliphatic carbocycles. The Morgan fingerprint density at radius 1 is 1.15 bits per heavy atom. The second-order valence-electron chi connectivity index (χ2n) is 8.41. The van der Waals surface area contributed by atoms with E-state index in [1.807, 2.05) is 0 Å². The lowest BCUT2D eigenvalue weighted by Gasteiger charge is -2.31. The third-order valence-electron chi connectivity index (χ3n) is 4.52. The monoisotopic (exact) mass is 480 g/mol. The molecule has 0 aromatic heterocycles. The fourth-order valence-electron chi connectivity index (χ4n) is 2.94. The van der Waals surface area contributed by atoms with Gasteiger partial charge in [-0.1, -0.05) is 18.2 Å². The van der Waals surface area contributed by atoms with E-state index in [1.165, 1.54) is 25.2 Å². The summed E-state index contributed by atoms with van der Waals surface area (Å²) in [6.07, 6.45) is -1.29. The lowest BCUT2D eigenvalue weighted by atomic mass is 10.0. The molecule has 4 amide bonds. The number of nitrogens with zero attached hydrogens (tertiary/aromatic N) is 1. The van der Waals surface area contributed by atoms with Crippen molar-refractivity contribution in [2.24, 2.45) is 5.73 Å². The van der Waals surface area contributed by atoms with E-state index < -0.39 is 54.0 Å². The van der Waals surface area contributed by atoms with E-state index in [9.17, 15) is 29.1 Å². The van der Waals surface area contributed by atoms with Crippen LogP contribution in [0, 0.1) is 0 Å². The Bertz CT molecular complexity index is 912. The first-order chi connectivity index (χ1) is 15.8. The van der Waals surface area contributed by atoms with Crippen molar-refractivity contribution in [2.45, 2.75) is 51.3 Å². The van der Waals surface area contributed by atoms with Crippen molar-refractivity contribution in [2.75, 3.05) is 20.7 Å². The van der Waals surface area contributed by atoms with E-state index in [-0.39, 0.29) is 24.2 Å². The van der Waals surface area contributed by atoms with Gasteiger partial charge in [0.05, 0.1) is 7.11 Å². The topological polar surface area (TPSA) is 177 Å². The van der Waals surface area contributed by atoms with Crippen LogP contribution in [0.25, 0.3) is 0 Å². The number of hydrogen-bond acceptors (Lipinski definition) is 8. The van der Waals surface area contributed by atoms with Crippen molar-refractivity contribution in [3.63, 3.8) is 0 Å². The summed E-state index contributed by atoms with van der Waals surface area (Å²) in [5.41, 5.74) is 4.43. The number of esters is 1. The lowest BCUT2D eigenvalue weighted by molar-refractivity contribution is -0.143. The molecule has 0 aliphatic rings. The van der Waals surface area contributed by atoms with Gasteiger partial charge < -0.3 is 35.8 Å². The van der Waals surface area contributed by atoms with Gasteiger partial charge in [-0.2, -0.15) is 0 Å². The van der Waals surface area contributed by atoms with Gasteiger partial charge >= 0.3 is 12.1 Å². The molecule has 1 rings (SSSR count). The molecule has 34 heavy (non-hydrogen) atoms. The Morgan fingerprint density at radius 3 is 2.29 bits per heavy atom. The highest BCUT2D eigenvalue weighted by molar-refractivity contribution is 5.93. The molecule has 2 atom stereocenters. The molecule has 0 saturated carbocycles. The maximum absolute atomic E-state index is 13.3. The molecule has 0 bridgehead atoms. The molecule has 1 aromatic rings. The van der Waals surface area contributed by atoms with Crippen molar-refractivity contribution >= 4 is 29.8 Å². The minimum Gasteiger partial charge on any atom is -0.508 e. The number of para-hydroxylation sites is 1. The van der Waals surface area contributed by atoms with Gasteiger partial charge in [0.15, 0.2) is 0 Å². The van der Waals surface area contributed by atoms with E-state index in [0.29, 0.717) is 0 Å². The number of methoxy groups -OCH3 is 1. The number of ether oxygens (including phenoxy) is 2. The predicted molar refractivity (Wildman–Crippen MR) is 120 cm³/mol. The number of likely N-dealkylation sites (N-methyl/N-ethyl adjacent to an activating group) is 1. The summed E-state index contributed by atoms with van der Waals surface area (Å²) in [5, 5.41) is 15.1. The maximum Gasteiger partial charge on any atom is 0.408 e. The summed E-state index contributed by atoms with van der Waals surface area (Å²) in [6.45, 7) is 4.44. The number of carbonyl (C=O) groups is 5. The van der Waals surface area contributed by atoms with Crippen LogP contribution in [0.2, 0.25) is 0 Å². The number of phenolic OH excluding ortho intramolecular Hbond substituents is 1. The summed E-state index contributed by atoms with van der Waals surface area (Å²) in [7, 11) is 2.43. The van der Waals surface area contributed by atoms with Crippen molar-refractivity contribution < 1.29 is 38.6 Å². The summed E-state index contributed by atoms with van der Waals surface area (Å²) in [4.78, 5) is 62.3. The van der Waals surface area contributed by atoms with Gasteiger partial charge in [-0.15, -0.1) is 0 Å². The molecule has 12 heteroatoms. The largest absolute Gasteiger partial charge is 0.508 e. The zero-order chi connectivity index (χ0) is 26.1. The van der Waals surface area contributed by atoms with Gasteiger partial charge in [0.25, 0.3) is 0 Å². The third-order valence-corrected chi connectivity index (χ3v) is 4.52. The van der Waals surface area contributed by atoms with E-state index in [2.05, 4.69) is 15.4 Å². The van der Waals surface area contributed by atoms with Crippen LogP contribution in [-0.2, 0) is 28.7 Å². The Kier molecular flexibility index (Phi) is 10.3. The summed E-state index contributed by atoms with van der Waals surface area (Å²) < 4.78 is 9.69. The Balaban J connectivity index is 3.26. The van der Waals surface area contributed by atoms with Crippen LogP contribution in [-0.4, -0.2) is 72.1 Å². The Hall–Kier alpha value is -3.83. The number of nitrogens with two attached hydrogens (primary N) is 1. The normalized spacial score (nSPS) is 12.6. The highest BCUT2D eigenvalue weighted by Gasteiger charge is 2.35. The van der Waals surface area contributed by atoms with Crippen LogP contribution in [0.3, 0.4) is 0 Å². The predicted octanol–water partition coefficient (Wildman–Crippen LogP) is 0.340. The van der Waals surface area contributed by atoms with Crippen molar-refractivity contribution in [3.8, 4) is 5.75 Å². The molecule has 2 unspecified atom stereocenters. The molecule has 0 heterocycles. The first-order valence-electron chi connectivity index (χ1n) is 10.4. The number of rotatable bonds is 10. The second-order valence-corrected chi connectivity index (χ2v) is 8.41. The van der Waals surface area contributed by atoms with Crippen LogP contribution in [0.1, 0.15) is 45.2 Å². The van der Waals surface area contributed by atoms with E-state index in [1.54, 1.807) is 26.8 Å². The van der Waals surface area contributed by atoms with Crippen LogP contribution < -0.4 is 16.4 Å². The van der Waals surface area contributed by atoms with Gasteiger partial charge in [-0.25, -0.2) is 4.79 Å². The van der Waals surface area contributed by atoms with Gasteiger partial charge in [0.1, 0.15) is 30.0 Å². The molecular weight excluding hydrogens is 448 g/mol.